The summed E-state index contributed by atoms with van der Waals surface area (Å²) in [6, 6.07) is 48.4. The number of hydrogen-bond donors (Lipinski definition) is 0. The Kier molecular flexibility index (Phi) is 11.0. The molecule has 0 N–H and O–H groups in total. The van der Waals surface area contributed by atoms with Crippen molar-refractivity contribution < 1.29 is 0 Å². The maximum Gasteiger partial charge on any atom is 0.0465 e. The second-order valence-corrected chi connectivity index (χ2v) is 20.6. The van der Waals surface area contributed by atoms with E-state index in [1.165, 1.54) is 189 Å². The Bertz CT molecular complexity index is 2500. The van der Waals surface area contributed by atoms with Gasteiger partial charge in [0.05, 0.1) is 0 Å². The van der Waals surface area contributed by atoms with Crippen LogP contribution in [0.1, 0.15) is 180 Å². The lowest BCUT2D eigenvalue weighted by Crippen LogP contribution is -2.16. The molecule has 0 atom stereocenters. The lowest BCUT2D eigenvalue weighted by atomic mass is 9.77. The van der Waals surface area contributed by atoms with Crippen LogP contribution in [0.4, 0.5) is 17.1 Å². The Morgan fingerprint density at radius 2 is 0.839 bits per heavy atom. The highest BCUT2D eigenvalue weighted by Gasteiger charge is 2.36. The summed E-state index contributed by atoms with van der Waals surface area (Å²) in [4.78, 5) is 2.51. The first-order valence-corrected chi connectivity index (χ1v) is 25.0. The molecule has 5 aliphatic carbocycles. The molecular weight excluding hydrogens is 747 g/mol. The molecule has 0 aliphatic heterocycles. The topological polar surface area (TPSA) is 3.24 Å². The molecule has 1 nitrogen and oxygen atoms in total. The van der Waals surface area contributed by atoms with E-state index in [1.807, 2.05) is 0 Å². The number of nitrogens with zero attached hydrogens (tertiary/aromatic N) is 1. The van der Waals surface area contributed by atoms with Crippen molar-refractivity contribution in [2.75, 3.05) is 4.90 Å². The molecule has 0 unspecified atom stereocenters. The largest absolute Gasteiger partial charge is 0.310 e. The fourth-order valence-electron chi connectivity index (χ4n) is 13.0. The third-order valence-electron chi connectivity index (χ3n) is 16.5. The van der Waals surface area contributed by atoms with Crippen molar-refractivity contribution in [1.82, 2.24) is 0 Å². The quantitative estimate of drug-likeness (QED) is 0.148. The summed E-state index contributed by atoms with van der Waals surface area (Å²) >= 11 is 0. The van der Waals surface area contributed by atoms with E-state index < -0.39 is 0 Å². The van der Waals surface area contributed by atoms with Crippen LogP contribution >= 0.6 is 0 Å². The van der Waals surface area contributed by atoms with Crippen LogP contribution in [-0.2, 0) is 18.3 Å². The van der Waals surface area contributed by atoms with Gasteiger partial charge in [0.15, 0.2) is 0 Å². The average molecular weight is 814 g/mol. The van der Waals surface area contributed by atoms with Crippen LogP contribution in [-0.4, -0.2) is 0 Å². The minimum Gasteiger partial charge on any atom is -0.310 e. The fourth-order valence-corrected chi connectivity index (χ4v) is 13.0. The second kappa shape index (κ2) is 17.0. The van der Waals surface area contributed by atoms with E-state index in [-0.39, 0.29) is 5.41 Å². The molecular formula is C61H67N. The first kappa shape index (κ1) is 39.9. The smallest absolute Gasteiger partial charge is 0.0465 e. The number of hydrogen-bond acceptors (Lipinski definition) is 1. The highest BCUT2D eigenvalue weighted by Crippen LogP contribution is 2.51. The molecule has 6 aromatic carbocycles. The summed E-state index contributed by atoms with van der Waals surface area (Å²) in [7, 11) is 0. The minimum absolute atomic E-state index is 0.0534. The Balaban J connectivity index is 0.963. The normalized spacial score (nSPS) is 19.1. The number of rotatable bonds is 8. The predicted molar refractivity (Wildman–Crippen MR) is 264 cm³/mol. The van der Waals surface area contributed by atoms with Gasteiger partial charge in [-0.1, -0.05) is 157 Å². The van der Waals surface area contributed by atoms with Gasteiger partial charge in [-0.3, -0.25) is 0 Å². The highest BCUT2D eigenvalue weighted by molar-refractivity contribution is 5.86. The third kappa shape index (κ3) is 7.46. The van der Waals surface area contributed by atoms with Crippen molar-refractivity contribution in [3.63, 3.8) is 0 Å². The molecule has 62 heavy (non-hydrogen) atoms. The minimum atomic E-state index is -0.0534. The molecule has 1 heteroatoms. The van der Waals surface area contributed by atoms with Crippen molar-refractivity contribution >= 4 is 17.1 Å². The van der Waals surface area contributed by atoms with E-state index in [9.17, 15) is 0 Å². The second-order valence-electron chi connectivity index (χ2n) is 20.6. The van der Waals surface area contributed by atoms with Crippen LogP contribution in [0.2, 0.25) is 0 Å². The van der Waals surface area contributed by atoms with E-state index in [0.29, 0.717) is 5.92 Å². The molecule has 0 aromatic heterocycles. The van der Waals surface area contributed by atoms with Gasteiger partial charge in [0.25, 0.3) is 0 Å². The molecule has 0 amide bonds. The predicted octanol–water partition coefficient (Wildman–Crippen LogP) is 17.8. The first-order valence-electron chi connectivity index (χ1n) is 25.0. The van der Waals surface area contributed by atoms with Gasteiger partial charge in [-0.2, -0.15) is 0 Å². The molecule has 0 heterocycles. The zero-order chi connectivity index (χ0) is 41.6. The monoisotopic (exact) mass is 814 g/mol. The van der Waals surface area contributed by atoms with Gasteiger partial charge < -0.3 is 4.90 Å². The molecule has 0 spiro atoms. The Morgan fingerprint density at radius 3 is 1.42 bits per heavy atom. The van der Waals surface area contributed by atoms with E-state index in [2.05, 4.69) is 140 Å². The lowest BCUT2D eigenvalue weighted by molar-refractivity contribution is 0.435. The van der Waals surface area contributed by atoms with Gasteiger partial charge in [-0.15, -0.1) is 0 Å². The SMILES string of the molecule is CC1(C)c2ccccc2-c2ccc(N(c3ccc(-c4ccc(-c5cc(C6CCCCC6)cc(C6CCCCC6)c5)c5c4CCCC5)cc3)c3ccc(C4CCCCC4)cc3)cc21. The summed E-state index contributed by atoms with van der Waals surface area (Å²) in [5.74, 6) is 2.16. The van der Waals surface area contributed by atoms with E-state index in [4.69, 9.17) is 0 Å². The summed E-state index contributed by atoms with van der Waals surface area (Å²) in [6.45, 7) is 4.80. The fraction of sp³-hybridized carbons (Fsp3) is 0.410. The maximum absolute atomic E-state index is 2.66. The Morgan fingerprint density at radius 1 is 0.371 bits per heavy atom. The van der Waals surface area contributed by atoms with E-state index >= 15 is 0 Å². The van der Waals surface area contributed by atoms with Crippen molar-refractivity contribution in [2.45, 2.75) is 159 Å². The van der Waals surface area contributed by atoms with E-state index in [0.717, 1.165) is 11.8 Å². The standard InChI is InChI=1S/C61H67N/c1-61(2)59-25-15-14-24-57(59)58-35-34-52(41-60(58)61)62(50-30-26-45(27-31-50)42-16-6-3-7-17-42)51-32-28-46(29-33-51)53-36-37-54(56-23-13-12-22-55(53)56)49-39-47(43-18-8-4-9-19-43)38-48(40-49)44-20-10-5-11-21-44/h14-15,24-44H,3-13,16-23H2,1-2H3. The molecule has 6 aromatic rings. The molecule has 316 valence electrons. The van der Waals surface area contributed by atoms with Gasteiger partial charge in [0.1, 0.15) is 0 Å². The van der Waals surface area contributed by atoms with Gasteiger partial charge in [0.2, 0.25) is 0 Å². The van der Waals surface area contributed by atoms with Crippen LogP contribution < -0.4 is 4.90 Å². The maximum atomic E-state index is 2.66. The van der Waals surface area contributed by atoms with Crippen LogP contribution in [0.5, 0.6) is 0 Å². The van der Waals surface area contributed by atoms with Crippen molar-refractivity contribution in [2.24, 2.45) is 0 Å². The number of benzene rings is 6. The van der Waals surface area contributed by atoms with Crippen LogP contribution in [0, 0.1) is 0 Å². The zero-order valence-corrected chi connectivity index (χ0v) is 37.7. The lowest BCUT2D eigenvalue weighted by Gasteiger charge is -2.29. The number of anilines is 3. The summed E-state index contributed by atoms with van der Waals surface area (Å²) < 4.78 is 0. The van der Waals surface area contributed by atoms with Gasteiger partial charge >= 0.3 is 0 Å². The van der Waals surface area contributed by atoms with Crippen LogP contribution in [0.15, 0.2) is 121 Å². The molecule has 0 bridgehead atoms. The highest BCUT2D eigenvalue weighted by atomic mass is 15.1. The zero-order valence-electron chi connectivity index (χ0n) is 37.7. The molecule has 5 aliphatic rings. The summed E-state index contributed by atoms with van der Waals surface area (Å²) in [6.07, 6.45) is 25.5. The molecule has 0 saturated heterocycles. The summed E-state index contributed by atoms with van der Waals surface area (Å²) in [5, 5.41) is 0. The molecule has 0 radical (unpaired) electrons. The van der Waals surface area contributed by atoms with Crippen LogP contribution in [0.25, 0.3) is 33.4 Å². The van der Waals surface area contributed by atoms with Crippen molar-refractivity contribution in [3.8, 4) is 33.4 Å². The van der Waals surface area contributed by atoms with Gasteiger partial charge in [-0.25, -0.2) is 0 Å². The van der Waals surface area contributed by atoms with Crippen LogP contribution in [0.3, 0.4) is 0 Å². The van der Waals surface area contributed by atoms with Crippen molar-refractivity contribution in [3.05, 3.63) is 160 Å². The third-order valence-corrected chi connectivity index (χ3v) is 16.5. The molecule has 3 saturated carbocycles. The van der Waals surface area contributed by atoms with Crippen molar-refractivity contribution in [1.29, 1.82) is 0 Å². The molecule has 3 fully saturated rings. The average Bonchev–Trinajstić information content (AvgIpc) is 3.57. The van der Waals surface area contributed by atoms with Gasteiger partial charge in [0, 0.05) is 22.5 Å². The summed E-state index contributed by atoms with van der Waals surface area (Å²) in [5.41, 5.74) is 23.0. The molecule has 11 rings (SSSR count). The van der Waals surface area contributed by atoms with E-state index in [1.54, 1.807) is 22.3 Å². The Hall–Kier alpha value is -4.88. The first-order chi connectivity index (χ1) is 30.5. The Labute approximate surface area is 373 Å². The van der Waals surface area contributed by atoms with Gasteiger partial charge in [-0.05, 0) is 191 Å². The number of fused-ring (bicyclic) bond motifs is 4.